The van der Waals surface area contributed by atoms with Gasteiger partial charge in [-0.25, -0.2) is 4.39 Å². The van der Waals surface area contributed by atoms with Gasteiger partial charge in [-0.3, -0.25) is 4.79 Å². The normalized spacial score (nSPS) is 19.9. The number of ether oxygens (including phenoxy) is 1. The predicted molar refractivity (Wildman–Crippen MR) is 60.9 cm³/mol. The molecule has 1 atom stereocenters. The third-order valence-electron chi connectivity index (χ3n) is 2.58. The summed E-state index contributed by atoms with van der Waals surface area (Å²) in [5, 5.41) is 5.80. The maximum absolute atomic E-state index is 12.9. The number of carbonyl (C=O) groups is 1. The highest BCUT2D eigenvalue weighted by Crippen LogP contribution is 2.03. The van der Waals surface area contributed by atoms with Crippen LogP contribution in [0.1, 0.15) is 5.56 Å². The van der Waals surface area contributed by atoms with Gasteiger partial charge in [-0.15, -0.1) is 0 Å². The molecule has 17 heavy (non-hydrogen) atoms. The highest BCUT2D eigenvalue weighted by molar-refractivity contribution is 5.81. The van der Waals surface area contributed by atoms with Gasteiger partial charge in [-0.1, -0.05) is 12.1 Å². The molecule has 0 radical (unpaired) electrons. The minimum atomic E-state index is -0.447. The van der Waals surface area contributed by atoms with Gasteiger partial charge >= 0.3 is 0 Å². The van der Waals surface area contributed by atoms with Crippen LogP contribution < -0.4 is 10.6 Å². The topological polar surface area (TPSA) is 50.4 Å². The number of hydrogen-bond acceptors (Lipinski definition) is 3. The summed E-state index contributed by atoms with van der Waals surface area (Å²) < 4.78 is 18.2. The van der Waals surface area contributed by atoms with Crippen LogP contribution in [0.25, 0.3) is 0 Å². The molecule has 0 saturated carbocycles. The third kappa shape index (κ3) is 3.51. The van der Waals surface area contributed by atoms with Crippen LogP contribution in [0.5, 0.6) is 0 Å². The Bertz CT molecular complexity index is 392. The van der Waals surface area contributed by atoms with Crippen molar-refractivity contribution in [2.24, 2.45) is 0 Å². The first kappa shape index (κ1) is 12.0. The maximum atomic E-state index is 12.9. The Balaban J connectivity index is 1.83. The van der Waals surface area contributed by atoms with Gasteiger partial charge in [0.1, 0.15) is 11.9 Å². The van der Waals surface area contributed by atoms with Crippen molar-refractivity contribution in [3.8, 4) is 0 Å². The predicted octanol–water partition coefficient (Wildman–Crippen LogP) is 0.430. The second kappa shape index (κ2) is 5.75. The fraction of sp³-hybridized carbons (Fsp3) is 0.417. The van der Waals surface area contributed by atoms with Crippen molar-refractivity contribution in [2.75, 3.05) is 19.7 Å². The number of nitrogens with one attached hydrogen (secondary N) is 2. The Hall–Kier alpha value is -1.46. The summed E-state index contributed by atoms with van der Waals surface area (Å²) in [4.78, 5) is 11.7. The molecule has 1 aromatic carbocycles. The molecule has 2 rings (SSSR count). The zero-order valence-electron chi connectivity index (χ0n) is 9.41. The van der Waals surface area contributed by atoms with E-state index in [0.717, 1.165) is 12.1 Å². The quantitative estimate of drug-likeness (QED) is 0.803. The lowest BCUT2D eigenvalue weighted by Gasteiger charge is -2.22. The number of hydrogen-bond donors (Lipinski definition) is 2. The molecule has 0 bridgehead atoms. The summed E-state index contributed by atoms with van der Waals surface area (Å²) in [6, 6.07) is 6.17. The van der Waals surface area contributed by atoms with Gasteiger partial charge in [0.25, 0.3) is 5.91 Å². The first-order valence-electron chi connectivity index (χ1n) is 5.60. The van der Waals surface area contributed by atoms with Crippen molar-refractivity contribution in [1.29, 1.82) is 0 Å². The standard InChI is InChI=1S/C12H15FN2O2/c13-10-3-1-2-9(6-10)7-15-12(16)11-8-14-4-5-17-11/h1-3,6,11,14H,4-5,7-8H2,(H,15,16). The largest absolute Gasteiger partial charge is 0.366 e. The van der Waals surface area contributed by atoms with Gasteiger partial charge in [0.2, 0.25) is 0 Å². The van der Waals surface area contributed by atoms with Crippen molar-refractivity contribution in [3.63, 3.8) is 0 Å². The molecule has 4 nitrogen and oxygen atoms in total. The molecule has 92 valence electrons. The van der Waals surface area contributed by atoms with E-state index in [2.05, 4.69) is 10.6 Å². The van der Waals surface area contributed by atoms with Gasteiger partial charge in [-0.2, -0.15) is 0 Å². The first-order valence-corrected chi connectivity index (χ1v) is 5.60. The molecule has 1 fully saturated rings. The van der Waals surface area contributed by atoms with E-state index in [1.807, 2.05) is 0 Å². The number of rotatable bonds is 3. The molecule has 2 N–H and O–H groups in total. The van der Waals surface area contributed by atoms with Crippen LogP contribution in [0.4, 0.5) is 4.39 Å². The second-order valence-electron chi connectivity index (χ2n) is 3.91. The van der Waals surface area contributed by atoms with E-state index in [1.54, 1.807) is 12.1 Å². The number of halogens is 1. The molecule has 1 heterocycles. The average Bonchev–Trinajstić information content (AvgIpc) is 2.37. The summed E-state index contributed by atoms with van der Waals surface area (Å²) in [5.41, 5.74) is 0.738. The number of morpholine rings is 1. The Kier molecular flexibility index (Phi) is 4.06. The lowest BCUT2D eigenvalue weighted by Crippen LogP contribution is -2.47. The van der Waals surface area contributed by atoms with E-state index in [-0.39, 0.29) is 11.7 Å². The van der Waals surface area contributed by atoms with E-state index in [9.17, 15) is 9.18 Å². The summed E-state index contributed by atoms with van der Waals surface area (Å²) in [6.07, 6.45) is -0.447. The average molecular weight is 238 g/mol. The smallest absolute Gasteiger partial charge is 0.250 e. The molecule has 0 spiro atoms. The molecule has 1 unspecified atom stereocenters. The van der Waals surface area contributed by atoms with E-state index < -0.39 is 6.10 Å². The molecule has 5 heteroatoms. The summed E-state index contributed by atoms with van der Waals surface area (Å²) in [7, 11) is 0. The molecule has 1 saturated heterocycles. The second-order valence-corrected chi connectivity index (χ2v) is 3.91. The molecule has 1 aliphatic rings. The summed E-state index contributed by atoms with van der Waals surface area (Å²) in [5.74, 6) is -0.464. The van der Waals surface area contributed by atoms with Crippen LogP contribution in [0.3, 0.4) is 0 Å². The van der Waals surface area contributed by atoms with Gasteiger partial charge < -0.3 is 15.4 Å². The highest BCUT2D eigenvalue weighted by atomic mass is 19.1. The monoisotopic (exact) mass is 238 g/mol. The minimum Gasteiger partial charge on any atom is -0.366 e. The molecule has 1 aromatic rings. The van der Waals surface area contributed by atoms with Gasteiger partial charge in [0.15, 0.2) is 0 Å². The fourth-order valence-corrected chi connectivity index (χ4v) is 1.68. The van der Waals surface area contributed by atoms with Crippen LogP contribution in [0, 0.1) is 5.82 Å². The van der Waals surface area contributed by atoms with Gasteiger partial charge in [0, 0.05) is 19.6 Å². The lowest BCUT2D eigenvalue weighted by molar-refractivity contribution is -0.134. The Morgan fingerprint density at radius 1 is 1.59 bits per heavy atom. The zero-order chi connectivity index (χ0) is 12.1. The van der Waals surface area contributed by atoms with Crippen LogP contribution in [-0.4, -0.2) is 31.7 Å². The minimum absolute atomic E-state index is 0.165. The van der Waals surface area contributed by atoms with E-state index in [4.69, 9.17) is 4.74 Å². The van der Waals surface area contributed by atoms with Crippen molar-refractivity contribution < 1.29 is 13.9 Å². The van der Waals surface area contributed by atoms with Crippen LogP contribution in [0.15, 0.2) is 24.3 Å². The van der Waals surface area contributed by atoms with Crippen LogP contribution in [0.2, 0.25) is 0 Å². The molecule has 1 amide bonds. The highest BCUT2D eigenvalue weighted by Gasteiger charge is 2.21. The van der Waals surface area contributed by atoms with Crippen LogP contribution in [-0.2, 0) is 16.1 Å². The molecular weight excluding hydrogens is 223 g/mol. The van der Waals surface area contributed by atoms with E-state index >= 15 is 0 Å². The number of carbonyl (C=O) groups excluding carboxylic acids is 1. The zero-order valence-corrected chi connectivity index (χ0v) is 9.41. The van der Waals surface area contributed by atoms with E-state index in [0.29, 0.717) is 19.7 Å². The number of amides is 1. The van der Waals surface area contributed by atoms with Gasteiger partial charge in [0.05, 0.1) is 6.61 Å². The maximum Gasteiger partial charge on any atom is 0.250 e. The van der Waals surface area contributed by atoms with Crippen molar-refractivity contribution >= 4 is 5.91 Å². The Morgan fingerprint density at radius 2 is 2.47 bits per heavy atom. The molecule has 0 aliphatic carbocycles. The van der Waals surface area contributed by atoms with Crippen LogP contribution >= 0.6 is 0 Å². The van der Waals surface area contributed by atoms with Gasteiger partial charge in [-0.05, 0) is 17.7 Å². The fourth-order valence-electron chi connectivity index (χ4n) is 1.68. The first-order chi connectivity index (χ1) is 8.25. The summed E-state index contributed by atoms with van der Waals surface area (Å²) in [6.45, 7) is 2.15. The Morgan fingerprint density at radius 3 is 3.18 bits per heavy atom. The third-order valence-corrected chi connectivity index (χ3v) is 2.58. The molecule has 1 aliphatic heterocycles. The molecule has 0 aromatic heterocycles. The van der Waals surface area contributed by atoms with Crippen molar-refractivity contribution in [2.45, 2.75) is 12.6 Å². The van der Waals surface area contributed by atoms with E-state index in [1.165, 1.54) is 12.1 Å². The number of benzene rings is 1. The summed E-state index contributed by atoms with van der Waals surface area (Å²) >= 11 is 0. The van der Waals surface area contributed by atoms with Crippen molar-refractivity contribution in [1.82, 2.24) is 10.6 Å². The molecular formula is C12H15FN2O2. The lowest BCUT2D eigenvalue weighted by atomic mass is 10.2. The SMILES string of the molecule is O=C(NCc1cccc(F)c1)C1CNCCO1. The van der Waals surface area contributed by atoms with Crippen molar-refractivity contribution in [3.05, 3.63) is 35.6 Å². The Labute approximate surface area is 99.2 Å².